The minimum atomic E-state index is 0. The number of hydrogen-bond donors (Lipinski definition) is 1. The lowest BCUT2D eigenvalue weighted by molar-refractivity contribution is 0.249. The predicted molar refractivity (Wildman–Crippen MR) is 119 cm³/mol. The fourth-order valence-electron chi connectivity index (χ4n) is 3.84. The van der Waals surface area contributed by atoms with Gasteiger partial charge in [-0.25, -0.2) is 0 Å². The first-order valence-corrected chi connectivity index (χ1v) is 10.4. The van der Waals surface area contributed by atoms with E-state index >= 15 is 0 Å². The van der Waals surface area contributed by atoms with Crippen LogP contribution in [-0.2, 0) is 6.42 Å². The van der Waals surface area contributed by atoms with E-state index in [1.165, 1.54) is 37.2 Å². The molecule has 1 aromatic heterocycles. The van der Waals surface area contributed by atoms with Gasteiger partial charge in [-0.05, 0) is 63.1 Å². The molecular formula is C19H33IN4S. The summed E-state index contributed by atoms with van der Waals surface area (Å²) in [5.41, 5.74) is 0. The molecule has 0 aliphatic carbocycles. The topological polar surface area (TPSA) is 30.9 Å². The van der Waals surface area contributed by atoms with Gasteiger partial charge in [0.15, 0.2) is 5.96 Å². The number of halogens is 1. The third-order valence-electron chi connectivity index (χ3n) is 5.14. The molecule has 0 aromatic carbocycles. The molecule has 3 heterocycles. The summed E-state index contributed by atoms with van der Waals surface area (Å²) in [6.07, 6.45) is 5.18. The molecule has 2 fully saturated rings. The molecular weight excluding hydrogens is 443 g/mol. The minimum Gasteiger partial charge on any atom is -0.357 e. The van der Waals surface area contributed by atoms with Crippen molar-refractivity contribution in [2.24, 2.45) is 10.9 Å². The van der Waals surface area contributed by atoms with Gasteiger partial charge in [-0.1, -0.05) is 13.0 Å². The Bertz CT molecular complexity index is 514. The first-order valence-electron chi connectivity index (χ1n) is 9.56. The highest BCUT2D eigenvalue weighted by Crippen LogP contribution is 2.21. The van der Waals surface area contributed by atoms with Crippen LogP contribution in [0.2, 0.25) is 0 Å². The van der Waals surface area contributed by atoms with E-state index in [4.69, 9.17) is 4.99 Å². The van der Waals surface area contributed by atoms with E-state index in [1.807, 2.05) is 11.3 Å². The maximum absolute atomic E-state index is 4.95. The number of aliphatic imine (C=N–C) groups is 1. The number of guanidine groups is 1. The Morgan fingerprint density at radius 2 is 2.16 bits per heavy atom. The van der Waals surface area contributed by atoms with Crippen molar-refractivity contribution < 1.29 is 0 Å². The van der Waals surface area contributed by atoms with Gasteiger partial charge in [0.2, 0.25) is 0 Å². The Labute approximate surface area is 174 Å². The van der Waals surface area contributed by atoms with E-state index in [9.17, 15) is 0 Å². The fourth-order valence-corrected chi connectivity index (χ4v) is 4.71. The summed E-state index contributed by atoms with van der Waals surface area (Å²) in [5.74, 6) is 1.71. The largest absolute Gasteiger partial charge is 0.357 e. The summed E-state index contributed by atoms with van der Waals surface area (Å²) < 4.78 is 0. The standard InChI is InChI=1S/C19H32N4S.HI/c1-3-20-19(21-14-16(2)13-18-7-6-12-24-18)23-11-8-17(15-23)22-9-4-5-10-22;/h6-7,12,16-17H,3-5,8-11,13-15H2,1-2H3,(H,20,21);1H. The molecule has 0 saturated carbocycles. The highest BCUT2D eigenvalue weighted by atomic mass is 127. The number of thiophene rings is 1. The van der Waals surface area contributed by atoms with Crippen molar-refractivity contribution in [2.75, 3.05) is 39.3 Å². The van der Waals surface area contributed by atoms with E-state index in [2.05, 4.69) is 46.5 Å². The fraction of sp³-hybridized carbons (Fsp3) is 0.737. The average Bonchev–Trinajstić information content (AvgIpc) is 3.32. The second-order valence-corrected chi connectivity index (χ2v) is 8.25. The van der Waals surface area contributed by atoms with Crippen molar-refractivity contribution in [3.8, 4) is 0 Å². The van der Waals surface area contributed by atoms with Crippen LogP contribution >= 0.6 is 35.3 Å². The molecule has 0 amide bonds. The van der Waals surface area contributed by atoms with Gasteiger partial charge >= 0.3 is 0 Å². The third kappa shape index (κ3) is 6.10. The van der Waals surface area contributed by atoms with E-state index in [-0.39, 0.29) is 24.0 Å². The van der Waals surface area contributed by atoms with Gasteiger partial charge in [0.25, 0.3) is 0 Å². The highest BCUT2D eigenvalue weighted by molar-refractivity contribution is 14.0. The normalized spacial score (nSPS) is 22.9. The summed E-state index contributed by atoms with van der Waals surface area (Å²) in [5, 5.41) is 5.67. The van der Waals surface area contributed by atoms with Crippen LogP contribution in [0.4, 0.5) is 0 Å². The summed E-state index contributed by atoms with van der Waals surface area (Å²) in [6, 6.07) is 5.11. The van der Waals surface area contributed by atoms with Crippen LogP contribution in [0.3, 0.4) is 0 Å². The van der Waals surface area contributed by atoms with Crippen LogP contribution in [0.1, 0.15) is 38.0 Å². The van der Waals surface area contributed by atoms with E-state index in [0.717, 1.165) is 44.6 Å². The molecule has 2 unspecified atom stereocenters. The molecule has 0 radical (unpaired) electrons. The monoisotopic (exact) mass is 476 g/mol. The van der Waals surface area contributed by atoms with E-state index < -0.39 is 0 Å². The second kappa shape index (κ2) is 10.7. The molecule has 1 N–H and O–H groups in total. The molecule has 0 spiro atoms. The molecule has 0 bridgehead atoms. The molecule has 2 saturated heterocycles. The van der Waals surface area contributed by atoms with Crippen molar-refractivity contribution in [1.29, 1.82) is 0 Å². The Balaban J connectivity index is 0.00000225. The Morgan fingerprint density at radius 3 is 2.84 bits per heavy atom. The molecule has 142 valence electrons. The molecule has 6 heteroatoms. The number of hydrogen-bond acceptors (Lipinski definition) is 3. The van der Waals surface area contributed by atoms with Crippen LogP contribution in [0.15, 0.2) is 22.5 Å². The van der Waals surface area contributed by atoms with Gasteiger partial charge in [-0.15, -0.1) is 35.3 Å². The Hall–Kier alpha value is -0.340. The van der Waals surface area contributed by atoms with Crippen molar-refractivity contribution in [3.63, 3.8) is 0 Å². The van der Waals surface area contributed by atoms with Gasteiger partial charge in [0.1, 0.15) is 0 Å². The van der Waals surface area contributed by atoms with Crippen LogP contribution in [0, 0.1) is 5.92 Å². The van der Waals surface area contributed by atoms with Crippen molar-refractivity contribution in [3.05, 3.63) is 22.4 Å². The summed E-state index contributed by atoms with van der Waals surface area (Å²) in [4.78, 5) is 11.6. The summed E-state index contributed by atoms with van der Waals surface area (Å²) >= 11 is 1.86. The van der Waals surface area contributed by atoms with Crippen molar-refractivity contribution >= 4 is 41.3 Å². The smallest absolute Gasteiger partial charge is 0.193 e. The van der Waals surface area contributed by atoms with Crippen molar-refractivity contribution in [1.82, 2.24) is 15.1 Å². The predicted octanol–water partition coefficient (Wildman–Crippen LogP) is 3.68. The SMILES string of the molecule is CCNC(=NCC(C)Cc1cccs1)N1CCC(N2CCCC2)C1.I. The van der Waals surface area contributed by atoms with E-state index in [0.29, 0.717) is 5.92 Å². The van der Waals surface area contributed by atoms with Crippen LogP contribution in [0.5, 0.6) is 0 Å². The maximum Gasteiger partial charge on any atom is 0.193 e. The summed E-state index contributed by atoms with van der Waals surface area (Å²) in [6.45, 7) is 11.2. The van der Waals surface area contributed by atoms with Gasteiger partial charge in [-0.2, -0.15) is 0 Å². The Kier molecular flexibility index (Phi) is 8.99. The van der Waals surface area contributed by atoms with E-state index in [1.54, 1.807) is 0 Å². The molecule has 4 nitrogen and oxygen atoms in total. The van der Waals surface area contributed by atoms with Gasteiger partial charge in [0.05, 0.1) is 0 Å². The minimum absolute atomic E-state index is 0. The highest BCUT2D eigenvalue weighted by Gasteiger charge is 2.30. The molecule has 2 aliphatic heterocycles. The maximum atomic E-state index is 4.95. The number of rotatable bonds is 6. The molecule has 3 rings (SSSR count). The molecule has 25 heavy (non-hydrogen) atoms. The lowest BCUT2D eigenvalue weighted by Crippen LogP contribution is -2.43. The van der Waals surface area contributed by atoms with Crippen molar-refractivity contribution in [2.45, 2.75) is 45.6 Å². The van der Waals surface area contributed by atoms with Gasteiger partial charge in [-0.3, -0.25) is 9.89 Å². The molecule has 2 atom stereocenters. The second-order valence-electron chi connectivity index (χ2n) is 7.21. The number of likely N-dealkylation sites (tertiary alicyclic amines) is 2. The first-order chi connectivity index (χ1) is 11.8. The lowest BCUT2D eigenvalue weighted by atomic mass is 10.1. The quantitative estimate of drug-likeness (QED) is 0.386. The Morgan fingerprint density at radius 1 is 1.36 bits per heavy atom. The number of nitrogens with one attached hydrogen (secondary N) is 1. The first kappa shape index (κ1) is 21.0. The molecule has 2 aliphatic rings. The third-order valence-corrected chi connectivity index (χ3v) is 6.04. The van der Waals surface area contributed by atoms with Crippen LogP contribution in [0.25, 0.3) is 0 Å². The number of nitrogens with zero attached hydrogens (tertiary/aromatic N) is 3. The zero-order valence-corrected chi connectivity index (χ0v) is 18.8. The lowest BCUT2D eigenvalue weighted by Gasteiger charge is -2.25. The average molecular weight is 476 g/mol. The zero-order valence-electron chi connectivity index (χ0n) is 15.6. The van der Waals surface area contributed by atoms with Crippen LogP contribution in [-0.4, -0.2) is 61.1 Å². The van der Waals surface area contributed by atoms with Crippen LogP contribution < -0.4 is 5.32 Å². The van der Waals surface area contributed by atoms with Gasteiger partial charge in [0, 0.05) is 37.1 Å². The van der Waals surface area contributed by atoms with Gasteiger partial charge < -0.3 is 10.2 Å². The molecule has 1 aromatic rings. The zero-order chi connectivity index (χ0) is 16.8. The summed E-state index contributed by atoms with van der Waals surface area (Å²) in [7, 11) is 0.